The van der Waals surface area contributed by atoms with Gasteiger partial charge < -0.3 is 24.6 Å². The standard InChI is InChI=1S/C15H25NO4/c1-15(11-17,16-2)9-6-10-20-14-12(18-3)7-5-8-13(14)19-4/h5,7-8,16-17H,6,9-11H2,1-4H3. The summed E-state index contributed by atoms with van der Waals surface area (Å²) in [7, 11) is 5.05. The summed E-state index contributed by atoms with van der Waals surface area (Å²) in [5, 5.41) is 12.4. The van der Waals surface area contributed by atoms with Crippen LogP contribution in [0.5, 0.6) is 17.2 Å². The maximum atomic E-state index is 9.32. The van der Waals surface area contributed by atoms with E-state index in [4.69, 9.17) is 14.2 Å². The van der Waals surface area contributed by atoms with E-state index in [-0.39, 0.29) is 12.1 Å². The Kier molecular flexibility index (Phi) is 6.61. The summed E-state index contributed by atoms with van der Waals surface area (Å²) >= 11 is 0. The number of hydrogen-bond acceptors (Lipinski definition) is 5. The minimum absolute atomic E-state index is 0.0987. The first-order valence-corrected chi connectivity index (χ1v) is 6.73. The van der Waals surface area contributed by atoms with Gasteiger partial charge in [-0.3, -0.25) is 0 Å². The van der Waals surface area contributed by atoms with Crippen LogP contribution in [0.1, 0.15) is 19.8 Å². The van der Waals surface area contributed by atoms with E-state index < -0.39 is 0 Å². The zero-order valence-corrected chi connectivity index (χ0v) is 12.7. The second kappa shape index (κ2) is 7.97. The molecule has 0 fully saturated rings. The smallest absolute Gasteiger partial charge is 0.203 e. The normalized spacial score (nSPS) is 13.7. The van der Waals surface area contributed by atoms with Gasteiger partial charge in [0.2, 0.25) is 5.75 Å². The summed E-state index contributed by atoms with van der Waals surface area (Å²) in [5.74, 6) is 1.93. The van der Waals surface area contributed by atoms with E-state index in [9.17, 15) is 5.11 Å². The lowest BCUT2D eigenvalue weighted by Gasteiger charge is -2.26. The molecule has 0 aliphatic heterocycles. The molecule has 1 atom stereocenters. The molecule has 5 heteroatoms. The topological polar surface area (TPSA) is 60.0 Å². The zero-order chi connectivity index (χ0) is 15.0. The molecule has 1 aromatic carbocycles. The van der Waals surface area contributed by atoms with Gasteiger partial charge in [-0.2, -0.15) is 0 Å². The minimum Gasteiger partial charge on any atom is -0.493 e. The van der Waals surface area contributed by atoms with E-state index in [1.165, 1.54) is 0 Å². The molecule has 0 heterocycles. The first kappa shape index (κ1) is 16.6. The molecular formula is C15H25NO4. The van der Waals surface area contributed by atoms with Gasteiger partial charge in [-0.1, -0.05) is 6.07 Å². The van der Waals surface area contributed by atoms with Crippen LogP contribution in [0.25, 0.3) is 0 Å². The van der Waals surface area contributed by atoms with Gasteiger partial charge in [0, 0.05) is 5.54 Å². The molecule has 0 bridgehead atoms. The fraction of sp³-hybridized carbons (Fsp3) is 0.600. The first-order chi connectivity index (χ1) is 9.60. The van der Waals surface area contributed by atoms with Crippen molar-refractivity contribution in [3.63, 3.8) is 0 Å². The molecule has 0 radical (unpaired) electrons. The number of aliphatic hydroxyl groups excluding tert-OH is 1. The number of likely N-dealkylation sites (N-methyl/N-ethyl adjacent to an activating group) is 1. The van der Waals surface area contributed by atoms with Crippen LogP contribution in [-0.4, -0.2) is 45.1 Å². The molecule has 0 aliphatic carbocycles. The zero-order valence-electron chi connectivity index (χ0n) is 12.7. The lowest BCUT2D eigenvalue weighted by molar-refractivity contribution is 0.162. The summed E-state index contributed by atoms with van der Waals surface area (Å²) < 4.78 is 16.3. The second-order valence-electron chi connectivity index (χ2n) is 4.91. The van der Waals surface area contributed by atoms with Gasteiger partial charge in [-0.05, 0) is 38.9 Å². The molecule has 0 saturated carbocycles. The molecule has 1 unspecified atom stereocenters. The highest BCUT2D eigenvalue weighted by atomic mass is 16.5. The van der Waals surface area contributed by atoms with Crippen LogP contribution in [-0.2, 0) is 0 Å². The Morgan fingerprint density at radius 1 is 1.20 bits per heavy atom. The molecule has 0 aliphatic rings. The van der Waals surface area contributed by atoms with Crippen LogP contribution in [0.3, 0.4) is 0 Å². The van der Waals surface area contributed by atoms with Crippen LogP contribution >= 0.6 is 0 Å². The van der Waals surface area contributed by atoms with Crippen molar-refractivity contribution in [2.75, 3.05) is 34.5 Å². The summed E-state index contributed by atoms with van der Waals surface area (Å²) in [6.07, 6.45) is 1.64. The third-order valence-corrected chi connectivity index (χ3v) is 3.45. The van der Waals surface area contributed by atoms with Crippen molar-refractivity contribution in [1.29, 1.82) is 0 Å². The third-order valence-electron chi connectivity index (χ3n) is 3.45. The molecule has 0 aromatic heterocycles. The lowest BCUT2D eigenvalue weighted by atomic mass is 9.97. The number of benzene rings is 1. The number of ether oxygens (including phenoxy) is 3. The van der Waals surface area contributed by atoms with Gasteiger partial charge in [0.25, 0.3) is 0 Å². The first-order valence-electron chi connectivity index (χ1n) is 6.73. The average Bonchev–Trinajstić information content (AvgIpc) is 2.50. The molecule has 20 heavy (non-hydrogen) atoms. The highest BCUT2D eigenvalue weighted by molar-refractivity contribution is 5.51. The van der Waals surface area contributed by atoms with Crippen LogP contribution in [0.4, 0.5) is 0 Å². The summed E-state index contributed by atoms with van der Waals surface area (Å²) in [5.41, 5.74) is -0.270. The fourth-order valence-corrected chi connectivity index (χ4v) is 1.88. The highest BCUT2D eigenvalue weighted by Gasteiger charge is 2.20. The molecular weight excluding hydrogens is 258 g/mol. The predicted molar refractivity (Wildman–Crippen MR) is 78.8 cm³/mol. The summed E-state index contributed by atoms with van der Waals surface area (Å²) in [6.45, 7) is 2.62. The van der Waals surface area contributed by atoms with Crippen molar-refractivity contribution in [2.24, 2.45) is 0 Å². The Balaban J connectivity index is 2.58. The van der Waals surface area contributed by atoms with Crippen molar-refractivity contribution in [3.8, 4) is 17.2 Å². The molecule has 0 amide bonds. The maximum Gasteiger partial charge on any atom is 0.203 e. The molecule has 2 N–H and O–H groups in total. The molecule has 5 nitrogen and oxygen atoms in total. The van der Waals surface area contributed by atoms with E-state index in [1.807, 2.05) is 32.2 Å². The van der Waals surface area contributed by atoms with Crippen LogP contribution in [0.15, 0.2) is 18.2 Å². The number of rotatable bonds is 9. The van der Waals surface area contributed by atoms with Gasteiger partial charge in [-0.25, -0.2) is 0 Å². The van der Waals surface area contributed by atoms with E-state index >= 15 is 0 Å². The summed E-state index contributed by atoms with van der Waals surface area (Å²) in [6, 6.07) is 5.53. The van der Waals surface area contributed by atoms with Crippen molar-refractivity contribution in [1.82, 2.24) is 5.32 Å². The Hall–Kier alpha value is -1.46. The van der Waals surface area contributed by atoms with E-state index in [0.29, 0.717) is 23.9 Å². The van der Waals surface area contributed by atoms with Gasteiger partial charge in [0.1, 0.15) is 0 Å². The number of para-hydroxylation sites is 1. The predicted octanol–water partition coefficient (Wildman–Crippen LogP) is 1.83. The van der Waals surface area contributed by atoms with E-state index in [1.54, 1.807) is 14.2 Å². The lowest BCUT2D eigenvalue weighted by Crippen LogP contribution is -2.43. The number of hydrogen-bond donors (Lipinski definition) is 2. The molecule has 1 aromatic rings. The number of methoxy groups -OCH3 is 2. The molecule has 1 rings (SSSR count). The van der Waals surface area contributed by atoms with Crippen LogP contribution in [0, 0.1) is 0 Å². The minimum atomic E-state index is -0.270. The van der Waals surface area contributed by atoms with Crippen LogP contribution in [0.2, 0.25) is 0 Å². The van der Waals surface area contributed by atoms with Crippen LogP contribution < -0.4 is 19.5 Å². The molecule has 0 spiro atoms. The van der Waals surface area contributed by atoms with E-state index in [0.717, 1.165) is 12.8 Å². The largest absolute Gasteiger partial charge is 0.493 e. The Morgan fingerprint density at radius 3 is 2.25 bits per heavy atom. The highest BCUT2D eigenvalue weighted by Crippen LogP contribution is 2.36. The third kappa shape index (κ3) is 4.28. The van der Waals surface area contributed by atoms with Crippen molar-refractivity contribution in [2.45, 2.75) is 25.3 Å². The summed E-state index contributed by atoms with van der Waals surface area (Å²) in [4.78, 5) is 0. The Labute approximate surface area is 120 Å². The Morgan fingerprint density at radius 2 is 1.80 bits per heavy atom. The van der Waals surface area contributed by atoms with Crippen molar-refractivity contribution in [3.05, 3.63) is 18.2 Å². The Bertz CT molecular complexity index is 383. The van der Waals surface area contributed by atoms with Gasteiger partial charge in [-0.15, -0.1) is 0 Å². The van der Waals surface area contributed by atoms with Gasteiger partial charge >= 0.3 is 0 Å². The molecule has 114 valence electrons. The van der Waals surface area contributed by atoms with E-state index in [2.05, 4.69) is 5.32 Å². The number of aliphatic hydroxyl groups is 1. The van der Waals surface area contributed by atoms with Gasteiger partial charge in [0.15, 0.2) is 11.5 Å². The fourth-order valence-electron chi connectivity index (χ4n) is 1.88. The van der Waals surface area contributed by atoms with Gasteiger partial charge in [0.05, 0.1) is 27.4 Å². The SMILES string of the molecule is CNC(C)(CO)CCCOc1c(OC)cccc1OC. The number of nitrogens with one attached hydrogen (secondary N) is 1. The maximum absolute atomic E-state index is 9.32. The monoisotopic (exact) mass is 283 g/mol. The quantitative estimate of drug-likeness (QED) is 0.677. The second-order valence-corrected chi connectivity index (χ2v) is 4.91. The average molecular weight is 283 g/mol. The molecule has 0 saturated heterocycles. The van der Waals surface area contributed by atoms with Crippen molar-refractivity contribution < 1.29 is 19.3 Å². The van der Waals surface area contributed by atoms with Crippen molar-refractivity contribution >= 4 is 0 Å².